The molecule has 0 aliphatic heterocycles. The Bertz CT molecular complexity index is 584. The van der Waals surface area contributed by atoms with Gasteiger partial charge in [0.25, 0.3) is 0 Å². The van der Waals surface area contributed by atoms with E-state index < -0.39 is 41.2 Å². The molecule has 0 aliphatic rings. The average molecular weight is 286 g/mol. The Balaban J connectivity index is 2.14. The number of benzene rings is 2. The highest BCUT2D eigenvalue weighted by Gasteiger charge is 2.25. The van der Waals surface area contributed by atoms with Crippen molar-refractivity contribution < 1.29 is 22.0 Å². The lowest BCUT2D eigenvalue weighted by Crippen LogP contribution is -2.16. The molecule has 0 bridgehead atoms. The van der Waals surface area contributed by atoms with Crippen LogP contribution in [-0.4, -0.2) is 0 Å². The number of nitrogens with one attached hydrogen (secondary N) is 1. The largest absolute Gasteiger partial charge is 0.304 e. The first-order chi connectivity index (χ1) is 9.52. The SMILES string of the molecule is Fc1c(F)c(F)c(CN[CH]c2ccccc2)c(F)c1F. The van der Waals surface area contributed by atoms with E-state index in [-0.39, 0.29) is 0 Å². The minimum absolute atomic E-state index is 0.513. The van der Waals surface area contributed by atoms with E-state index in [0.717, 1.165) is 0 Å². The van der Waals surface area contributed by atoms with Crippen LogP contribution in [0.3, 0.4) is 0 Å². The van der Waals surface area contributed by atoms with Crippen molar-refractivity contribution in [1.82, 2.24) is 5.32 Å². The first kappa shape index (κ1) is 14.5. The minimum atomic E-state index is -2.16. The van der Waals surface area contributed by atoms with Crippen molar-refractivity contribution in [1.29, 1.82) is 0 Å². The zero-order valence-corrected chi connectivity index (χ0v) is 10.1. The van der Waals surface area contributed by atoms with Gasteiger partial charge >= 0.3 is 0 Å². The van der Waals surface area contributed by atoms with Crippen LogP contribution >= 0.6 is 0 Å². The number of hydrogen-bond donors (Lipinski definition) is 1. The molecule has 2 aromatic carbocycles. The van der Waals surface area contributed by atoms with Gasteiger partial charge in [-0.1, -0.05) is 30.3 Å². The Morgan fingerprint density at radius 2 is 1.25 bits per heavy atom. The van der Waals surface area contributed by atoms with Crippen LogP contribution in [0.15, 0.2) is 30.3 Å². The molecule has 0 saturated carbocycles. The summed E-state index contributed by atoms with van der Waals surface area (Å²) in [6.07, 6.45) is 0. The van der Waals surface area contributed by atoms with Crippen LogP contribution in [0.25, 0.3) is 0 Å². The fraction of sp³-hybridized carbons (Fsp3) is 0.0714. The Morgan fingerprint density at radius 1 is 0.750 bits per heavy atom. The maximum atomic E-state index is 13.4. The van der Waals surface area contributed by atoms with Crippen LogP contribution in [-0.2, 0) is 6.54 Å². The van der Waals surface area contributed by atoms with Crippen molar-refractivity contribution in [2.24, 2.45) is 0 Å². The highest BCUT2D eigenvalue weighted by Crippen LogP contribution is 2.22. The summed E-state index contributed by atoms with van der Waals surface area (Å²) < 4.78 is 65.4. The molecule has 2 aromatic rings. The lowest BCUT2D eigenvalue weighted by Gasteiger charge is -2.09. The molecule has 0 aromatic heterocycles. The highest BCUT2D eigenvalue weighted by atomic mass is 19.2. The maximum absolute atomic E-state index is 13.4. The Kier molecular flexibility index (Phi) is 4.34. The van der Waals surface area contributed by atoms with Crippen molar-refractivity contribution in [3.05, 3.63) is 77.1 Å². The first-order valence-electron chi connectivity index (χ1n) is 5.64. The normalized spacial score (nSPS) is 10.8. The zero-order chi connectivity index (χ0) is 14.7. The summed E-state index contributed by atoms with van der Waals surface area (Å²) in [5, 5.41) is 2.51. The Morgan fingerprint density at radius 3 is 1.80 bits per heavy atom. The van der Waals surface area contributed by atoms with E-state index in [4.69, 9.17) is 0 Å². The molecule has 0 heterocycles. The van der Waals surface area contributed by atoms with Crippen molar-refractivity contribution in [2.45, 2.75) is 6.54 Å². The smallest absolute Gasteiger partial charge is 0.200 e. The molecule has 0 amide bonds. The fourth-order valence-corrected chi connectivity index (χ4v) is 1.63. The van der Waals surface area contributed by atoms with E-state index in [1.165, 1.54) is 6.54 Å². The second-order valence-electron chi connectivity index (χ2n) is 3.98. The molecule has 1 radical (unpaired) electrons. The molecule has 20 heavy (non-hydrogen) atoms. The van der Waals surface area contributed by atoms with E-state index >= 15 is 0 Å². The molecular formula is C14H9F5N. The monoisotopic (exact) mass is 286 g/mol. The predicted molar refractivity (Wildman–Crippen MR) is 62.9 cm³/mol. The standard InChI is InChI=1S/C14H9F5N/c15-10-9(11(16)13(18)14(19)12(10)17)7-20-6-8-4-2-1-3-5-8/h1-6,20H,7H2. The van der Waals surface area contributed by atoms with Crippen LogP contribution < -0.4 is 5.32 Å². The molecule has 0 spiro atoms. The molecular weight excluding hydrogens is 277 g/mol. The summed E-state index contributed by atoms with van der Waals surface area (Å²) in [5.41, 5.74) is -0.190. The molecule has 0 saturated heterocycles. The lowest BCUT2D eigenvalue weighted by atomic mass is 10.1. The minimum Gasteiger partial charge on any atom is -0.304 e. The maximum Gasteiger partial charge on any atom is 0.200 e. The lowest BCUT2D eigenvalue weighted by molar-refractivity contribution is 0.368. The van der Waals surface area contributed by atoms with Crippen molar-refractivity contribution >= 4 is 0 Å². The van der Waals surface area contributed by atoms with Crippen LogP contribution in [0.4, 0.5) is 22.0 Å². The van der Waals surface area contributed by atoms with Crippen LogP contribution in [0.1, 0.15) is 11.1 Å². The summed E-state index contributed by atoms with van der Waals surface area (Å²) in [4.78, 5) is 0. The van der Waals surface area contributed by atoms with Gasteiger partial charge in [0.2, 0.25) is 5.82 Å². The molecule has 0 fully saturated rings. The summed E-state index contributed by atoms with van der Waals surface area (Å²) >= 11 is 0. The van der Waals surface area contributed by atoms with Crippen LogP contribution in [0.2, 0.25) is 0 Å². The van der Waals surface area contributed by atoms with Gasteiger partial charge in [0.1, 0.15) is 0 Å². The van der Waals surface area contributed by atoms with Crippen LogP contribution in [0, 0.1) is 35.6 Å². The van der Waals surface area contributed by atoms with Gasteiger partial charge in [-0.2, -0.15) is 0 Å². The van der Waals surface area contributed by atoms with Gasteiger partial charge < -0.3 is 5.32 Å². The second kappa shape index (κ2) is 6.00. The number of rotatable bonds is 4. The third-order valence-electron chi connectivity index (χ3n) is 2.65. The topological polar surface area (TPSA) is 12.0 Å². The molecule has 1 nitrogen and oxygen atoms in total. The van der Waals surface area contributed by atoms with Crippen molar-refractivity contribution in [3.8, 4) is 0 Å². The van der Waals surface area contributed by atoms with Crippen LogP contribution in [0.5, 0.6) is 0 Å². The molecule has 0 aliphatic carbocycles. The van der Waals surface area contributed by atoms with E-state index in [9.17, 15) is 22.0 Å². The summed E-state index contributed by atoms with van der Waals surface area (Å²) in [6, 6.07) is 8.69. The van der Waals surface area contributed by atoms with E-state index in [1.807, 2.05) is 0 Å². The fourth-order valence-electron chi connectivity index (χ4n) is 1.63. The van der Waals surface area contributed by atoms with Gasteiger partial charge in [-0.05, 0) is 5.56 Å². The molecule has 105 valence electrons. The predicted octanol–water partition coefficient (Wildman–Crippen LogP) is 3.68. The van der Waals surface area contributed by atoms with E-state index in [0.29, 0.717) is 5.56 Å². The highest BCUT2D eigenvalue weighted by molar-refractivity contribution is 5.25. The molecule has 2 rings (SSSR count). The van der Waals surface area contributed by atoms with Crippen molar-refractivity contribution in [2.75, 3.05) is 0 Å². The van der Waals surface area contributed by atoms with Gasteiger partial charge in [-0.15, -0.1) is 0 Å². The molecule has 6 heteroatoms. The van der Waals surface area contributed by atoms with E-state index in [2.05, 4.69) is 5.32 Å². The molecule has 0 unspecified atom stereocenters. The van der Waals surface area contributed by atoms with Gasteiger partial charge in [-0.3, -0.25) is 0 Å². The summed E-state index contributed by atoms with van der Waals surface area (Å²) in [6.45, 7) is 0.902. The zero-order valence-electron chi connectivity index (χ0n) is 10.1. The molecule has 1 N–H and O–H groups in total. The second-order valence-corrected chi connectivity index (χ2v) is 3.98. The summed E-state index contributed by atoms with van der Waals surface area (Å²) in [7, 11) is 0. The quantitative estimate of drug-likeness (QED) is 0.513. The Labute approximate surface area is 112 Å². The molecule has 0 atom stereocenters. The third-order valence-corrected chi connectivity index (χ3v) is 2.65. The van der Waals surface area contributed by atoms with E-state index in [1.54, 1.807) is 30.3 Å². The number of halogens is 5. The van der Waals surface area contributed by atoms with Gasteiger partial charge in [-0.25, -0.2) is 22.0 Å². The number of hydrogen-bond acceptors (Lipinski definition) is 1. The van der Waals surface area contributed by atoms with Gasteiger partial charge in [0, 0.05) is 12.1 Å². The Hall–Kier alpha value is -1.95. The van der Waals surface area contributed by atoms with Gasteiger partial charge in [0.15, 0.2) is 23.3 Å². The van der Waals surface area contributed by atoms with Gasteiger partial charge in [0.05, 0.1) is 6.54 Å². The summed E-state index contributed by atoms with van der Waals surface area (Å²) in [5.74, 6) is -9.69. The third kappa shape index (κ3) is 2.80. The van der Waals surface area contributed by atoms with Crippen molar-refractivity contribution in [3.63, 3.8) is 0 Å². The average Bonchev–Trinajstić information content (AvgIpc) is 2.48. The first-order valence-corrected chi connectivity index (χ1v) is 5.64.